The van der Waals surface area contributed by atoms with Crippen molar-refractivity contribution < 1.29 is 22.6 Å². The molecule has 16 heavy (non-hydrogen) atoms. The van der Waals surface area contributed by atoms with Gasteiger partial charge < -0.3 is 9.47 Å². The summed E-state index contributed by atoms with van der Waals surface area (Å²) in [5, 5.41) is 0. The number of hydrogen-bond acceptors (Lipinski definition) is 3. The Balaban J connectivity index is 2.34. The van der Waals surface area contributed by atoms with Crippen LogP contribution in [0.25, 0.3) is 0 Å². The van der Waals surface area contributed by atoms with Gasteiger partial charge in [-0.3, -0.25) is 0 Å². The van der Waals surface area contributed by atoms with Gasteiger partial charge in [-0.1, -0.05) is 0 Å². The lowest BCUT2D eigenvalue weighted by Gasteiger charge is -2.28. The SMILES string of the molecule is FC(F)(F)C1COc2c(cc(I)nc2Br)O1. The molecule has 1 aromatic heterocycles. The predicted octanol–water partition coefficient (Wildman–Crippen LogP) is 3.15. The number of aromatic nitrogens is 1. The third kappa shape index (κ3) is 2.36. The largest absolute Gasteiger partial charge is 0.483 e. The van der Waals surface area contributed by atoms with Gasteiger partial charge in [0.25, 0.3) is 0 Å². The zero-order valence-corrected chi connectivity index (χ0v) is 11.3. The highest BCUT2D eigenvalue weighted by atomic mass is 127. The standard InChI is InChI=1S/C8H4BrF3INO2/c9-7-6-3(1-5(13)14-7)16-4(2-15-6)8(10,11)12/h1,4H,2H2. The van der Waals surface area contributed by atoms with Crippen LogP contribution < -0.4 is 9.47 Å². The Hall–Kier alpha value is -0.250. The molecule has 1 unspecified atom stereocenters. The van der Waals surface area contributed by atoms with Crippen LogP contribution in [0.1, 0.15) is 0 Å². The van der Waals surface area contributed by atoms with Gasteiger partial charge in [0.2, 0.25) is 6.10 Å². The van der Waals surface area contributed by atoms with Crippen molar-refractivity contribution in [2.24, 2.45) is 0 Å². The number of fused-ring (bicyclic) bond motifs is 1. The van der Waals surface area contributed by atoms with Crippen LogP contribution in [0, 0.1) is 3.70 Å². The van der Waals surface area contributed by atoms with Crippen LogP contribution in [0.15, 0.2) is 10.7 Å². The van der Waals surface area contributed by atoms with E-state index in [1.54, 1.807) is 0 Å². The van der Waals surface area contributed by atoms with Gasteiger partial charge in [-0.15, -0.1) is 0 Å². The molecule has 88 valence electrons. The fraction of sp³-hybridized carbons (Fsp3) is 0.375. The molecule has 2 rings (SSSR count). The van der Waals surface area contributed by atoms with Crippen molar-refractivity contribution in [2.45, 2.75) is 12.3 Å². The van der Waals surface area contributed by atoms with Crippen molar-refractivity contribution in [3.8, 4) is 11.5 Å². The van der Waals surface area contributed by atoms with Gasteiger partial charge in [0, 0.05) is 6.07 Å². The molecular formula is C8H4BrF3INO2. The van der Waals surface area contributed by atoms with Crippen LogP contribution in [-0.4, -0.2) is 23.9 Å². The molecule has 0 aliphatic carbocycles. The summed E-state index contributed by atoms with van der Waals surface area (Å²) in [5.74, 6) is 0.265. The van der Waals surface area contributed by atoms with E-state index in [1.807, 2.05) is 22.6 Å². The molecule has 1 aliphatic rings. The van der Waals surface area contributed by atoms with E-state index in [-0.39, 0.29) is 11.5 Å². The maximum Gasteiger partial charge on any atom is 0.428 e. The molecule has 2 heterocycles. The van der Waals surface area contributed by atoms with Crippen molar-refractivity contribution in [1.29, 1.82) is 0 Å². The first-order valence-corrected chi connectivity index (χ1v) is 5.97. The summed E-state index contributed by atoms with van der Waals surface area (Å²) in [4.78, 5) is 3.99. The number of alkyl halides is 3. The average Bonchev–Trinajstić information content (AvgIpc) is 2.15. The van der Waals surface area contributed by atoms with Gasteiger partial charge in [-0.05, 0) is 38.5 Å². The van der Waals surface area contributed by atoms with E-state index in [0.29, 0.717) is 8.30 Å². The van der Waals surface area contributed by atoms with Gasteiger partial charge in [0.15, 0.2) is 16.1 Å². The Morgan fingerprint density at radius 1 is 1.50 bits per heavy atom. The number of ether oxygens (including phenoxy) is 2. The van der Waals surface area contributed by atoms with E-state index in [9.17, 15) is 13.2 Å². The highest BCUT2D eigenvalue weighted by Crippen LogP contribution is 2.40. The molecule has 8 heteroatoms. The molecule has 0 spiro atoms. The molecule has 1 aromatic rings. The molecule has 0 fully saturated rings. The fourth-order valence-corrected chi connectivity index (χ4v) is 2.53. The maximum absolute atomic E-state index is 12.4. The third-order valence-electron chi connectivity index (χ3n) is 1.88. The minimum atomic E-state index is -4.43. The highest BCUT2D eigenvalue weighted by molar-refractivity contribution is 14.1. The van der Waals surface area contributed by atoms with Crippen molar-refractivity contribution in [2.75, 3.05) is 6.61 Å². The normalized spacial score (nSPS) is 19.7. The first-order valence-electron chi connectivity index (χ1n) is 4.10. The monoisotopic (exact) mass is 409 g/mol. The smallest absolute Gasteiger partial charge is 0.428 e. The van der Waals surface area contributed by atoms with Gasteiger partial charge in [-0.25, -0.2) is 4.98 Å². The fourth-order valence-electron chi connectivity index (χ4n) is 1.18. The van der Waals surface area contributed by atoms with Crippen LogP contribution >= 0.6 is 38.5 Å². The van der Waals surface area contributed by atoms with Gasteiger partial charge >= 0.3 is 6.18 Å². The van der Waals surface area contributed by atoms with Gasteiger partial charge in [-0.2, -0.15) is 13.2 Å². The highest BCUT2D eigenvalue weighted by Gasteiger charge is 2.45. The number of nitrogens with zero attached hydrogens (tertiary/aromatic N) is 1. The molecule has 0 amide bonds. The second kappa shape index (κ2) is 4.21. The summed E-state index contributed by atoms with van der Waals surface area (Å²) in [6.07, 6.45) is -6.36. The molecule has 1 atom stereocenters. The van der Waals surface area contributed by atoms with Crippen molar-refractivity contribution in [3.63, 3.8) is 0 Å². The summed E-state index contributed by atoms with van der Waals surface area (Å²) < 4.78 is 47.9. The molecule has 0 saturated carbocycles. The van der Waals surface area contributed by atoms with Crippen LogP contribution in [0.2, 0.25) is 0 Å². The lowest BCUT2D eigenvalue weighted by Crippen LogP contribution is -2.42. The maximum atomic E-state index is 12.4. The lowest BCUT2D eigenvalue weighted by atomic mass is 10.3. The molecule has 0 N–H and O–H groups in total. The quantitative estimate of drug-likeness (QED) is 0.487. The van der Waals surface area contributed by atoms with Crippen LogP contribution in [-0.2, 0) is 0 Å². The van der Waals surface area contributed by atoms with E-state index < -0.39 is 18.9 Å². The Morgan fingerprint density at radius 3 is 2.81 bits per heavy atom. The average molecular weight is 410 g/mol. The summed E-state index contributed by atoms with van der Waals surface area (Å²) in [7, 11) is 0. The van der Waals surface area contributed by atoms with E-state index >= 15 is 0 Å². The zero-order valence-electron chi connectivity index (χ0n) is 7.52. The Kier molecular flexibility index (Phi) is 3.21. The number of halogens is 5. The Bertz CT molecular complexity index is 426. The van der Waals surface area contributed by atoms with Crippen LogP contribution in [0.5, 0.6) is 11.5 Å². The lowest BCUT2D eigenvalue weighted by molar-refractivity contribution is -0.207. The third-order valence-corrected chi connectivity index (χ3v) is 2.97. The Morgan fingerprint density at radius 2 is 2.19 bits per heavy atom. The first kappa shape index (κ1) is 12.2. The molecule has 1 aliphatic heterocycles. The topological polar surface area (TPSA) is 31.4 Å². The van der Waals surface area contributed by atoms with E-state index in [2.05, 4.69) is 20.9 Å². The first-order chi connectivity index (χ1) is 7.38. The number of pyridine rings is 1. The minimum Gasteiger partial charge on any atom is -0.483 e. The van der Waals surface area contributed by atoms with E-state index in [4.69, 9.17) is 9.47 Å². The van der Waals surface area contributed by atoms with Crippen LogP contribution in [0.4, 0.5) is 13.2 Å². The molecule has 3 nitrogen and oxygen atoms in total. The van der Waals surface area contributed by atoms with Crippen molar-refractivity contribution in [1.82, 2.24) is 4.98 Å². The summed E-state index contributed by atoms with van der Waals surface area (Å²) >= 11 is 4.98. The second-order valence-corrected chi connectivity index (χ2v) is 4.88. The number of rotatable bonds is 0. The molecule has 0 saturated heterocycles. The molecule has 0 aromatic carbocycles. The van der Waals surface area contributed by atoms with E-state index in [0.717, 1.165) is 0 Å². The van der Waals surface area contributed by atoms with Gasteiger partial charge in [0.05, 0.1) is 0 Å². The van der Waals surface area contributed by atoms with Crippen molar-refractivity contribution in [3.05, 3.63) is 14.4 Å². The molecule has 0 radical (unpaired) electrons. The summed E-state index contributed by atoms with van der Waals surface area (Å²) in [5.41, 5.74) is 0. The minimum absolute atomic E-state index is 0.0554. The van der Waals surface area contributed by atoms with Crippen molar-refractivity contribution >= 4 is 38.5 Å². The zero-order chi connectivity index (χ0) is 11.9. The second-order valence-electron chi connectivity index (χ2n) is 3.02. The summed E-state index contributed by atoms with van der Waals surface area (Å²) in [6.45, 7) is -0.558. The molecular weight excluding hydrogens is 406 g/mol. The van der Waals surface area contributed by atoms with E-state index in [1.165, 1.54) is 6.07 Å². The van der Waals surface area contributed by atoms with Gasteiger partial charge in [0.1, 0.15) is 10.3 Å². The summed E-state index contributed by atoms with van der Waals surface area (Å²) in [6, 6.07) is 1.40. The molecule has 0 bridgehead atoms. The predicted molar refractivity (Wildman–Crippen MR) is 60.6 cm³/mol. The number of hydrogen-bond donors (Lipinski definition) is 0. The Labute approximate surface area is 111 Å². The van der Waals surface area contributed by atoms with Crippen LogP contribution in [0.3, 0.4) is 0 Å².